The number of amides is 2. The molecule has 2 aromatic heterocycles. The molecule has 0 radical (unpaired) electrons. The summed E-state index contributed by atoms with van der Waals surface area (Å²) in [6.45, 7) is 1.82. The predicted molar refractivity (Wildman–Crippen MR) is 92.2 cm³/mol. The lowest BCUT2D eigenvalue weighted by Gasteiger charge is -2.61. The van der Waals surface area contributed by atoms with E-state index in [4.69, 9.17) is 0 Å². The van der Waals surface area contributed by atoms with E-state index in [9.17, 15) is 4.79 Å². The van der Waals surface area contributed by atoms with E-state index in [1.165, 1.54) is 18.0 Å². The lowest BCUT2D eigenvalue weighted by Crippen LogP contribution is -2.66. The first-order valence-corrected chi connectivity index (χ1v) is 9.56. The molecule has 0 spiro atoms. The van der Waals surface area contributed by atoms with Crippen LogP contribution in [-0.2, 0) is 5.54 Å². The van der Waals surface area contributed by atoms with Crippen LogP contribution < -0.4 is 10.6 Å². The van der Waals surface area contributed by atoms with Crippen molar-refractivity contribution in [3.63, 3.8) is 0 Å². The molecule has 9 heteroatoms. The van der Waals surface area contributed by atoms with Crippen molar-refractivity contribution in [1.82, 2.24) is 29.4 Å². The second-order valence-electron chi connectivity index (χ2n) is 8.03. The van der Waals surface area contributed by atoms with Crippen LogP contribution in [0.1, 0.15) is 44.3 Å². The number of anilines is 1. The van der Waals surface area contributed by atoms with Gasteiger partial charge in [0.2, 0.25) is 5.13 Å². The van der Waals surface area contributed by atoms with Crippen molar-refractivity contribution in [1.29, 1.82) is 0 Å². The molecular weight excluding hydrogens is 338 g/mol. The van der Waals surface area contributed by atoms with Crippen LogP contribution in [0.15, 0.2) is 12.7 Å². The minimum atomic E-state index is -0.174. The minimum Gasteiger partial charge on any atom is -0.332 e. The van der Waals surface area contributed by atoms with Gasteiger partial charge in [-0.2, -0.15) is 9.47 Å². The van der Waals surface area contributed by atoms with Gasteiger partial charge in [-0.1, -0.05) is 0 Å². The van der Waals surface area contributed by atoms with Gasteiger partial charge in [-0.25, -0.2) is 19.4 Å². The van der Waals surface area contributed by atoms with Crippen LogP contribution in [0, 0.1) is 18.8 Å². The van der Waals surface area contributed by atoms with Gasteiger partial charge in [-0.05, 0) is 57.3 Å². The summed E-state index contributed by atoms with van der Waals surface area (Å²) in [5, 5.41) is 11.1. The Kier molecular flexibility index (Phi) is 3.19. The zero-order valence-electron chi connectivity index (χ0n) is 14.1. The fourth-order valence-electron chi connectivity index (χ4n) is 5.80. The number of urea groups is 1. The van der Waals surface area contributed by atoms with Gasteiger partial charge in [0.05, 0.1) is 5.54 Å². The Balaban J connectivity index is 1.38. The van der Waals surface area contributed by atoms with Crippen LogP contribution in [0.5, 0.6) is 0 Å². The van der Waals surface area contributed by atoms with Gasteiger partial charge in [0.25, 0.3) is 0 Å². The quantitative estimate of drug-likeness (QED) is 0.876. The average molecular weight is 359 g/mol. The third-order valence-corrected chi connectivity index (χ3v) is 6.78. The summed E-state index contributed by atoms with van der Waals surface area (Å²) in [6.07, 6.45) is 10.1. The van der Waals surface area contributed by atoms with Crippen molar-refractivity contribution >= 4 is 22.7 Å². The number of carbonyl (C=O) groups excluding carboxylic acids is 1. The van der Waals surface area contributed by atoms with Gasteiger partial charge >= 0.3 is 6.03 Å². The normalized spacial score (nSPS) is 35.7. The second kappa shape index (κ2) is 5.23. The Labute approximate surface area is 149 Å². The van der Waals surface area contributed by atoms with Crippen molar-refractivity contribution < 1.29 is 4.79 Å². The van der Waals surface area contributed by atoms with Crippen molar-refractivity contribution in [2.75, 3.05) is 5.32 Å². The van der Waals surface area contributed by atoms with E-state index >= 15 is 0 Å². The number of rotatable bonds is 3. The first kappa shape index (κ1) is 15.2. The Morgan fingerprint density at radius 2 is 2.12 bits per heavy atom. The standard InChI is InChI=1S/C16H21N7OS/c1-10-19-14(25-22-10)20-13(24)21-15-3-11-2-12(4-15)6-16(5-11,7-15)23-9-17-8-18-23/h8-9,11-12H,2-7H2,1H3,(H2,19,20,21,22,24)/t11-,12-,15?,16?/m0/s1. The van der Waals surface area contributed by atoms with Crippen LogP contribution in [0.3, 0.4) is 0 Å². The Morgan fingerprint density at radius 1 is 1.32 bits per heavy atom. The molecule has 2 N–H and O–H groups in total. The third kappa shape index (κ3) is 2.52. The molecule has 0 saturated heterocycles. The monoisotopic (exact) mass is 359 g/mol. The van der Waals surface area contributed by atoms with E-state index in [1.807, 2.05) is 17.9 Å². The molecule has 2 amide bonds. The molecule has 2 aromatic rings. The van der Waals surface area contributed by atoms with Crippen LogP contribution in [-0.4, -0.2) is 35.7 Å². The molecule has 2 heterocycles. The number of aromatic nitrogens is 5. The van der Waals surface area contributed by atoms with Crippen LogP contribution in [0.4, 0.5) is 9.93 Å². The molecule has 25 heavy (non-hydrogen) atoms. The largest absolute Gasteiger partial charge is 0.332 e. The molecule has 4 bridgehead atoms. The topological polar surface area (TPSA) is 97.6 Å². The van der Waals surface area contributed by atoms with Gasteiger partial charge in [0.1, 0.15) is 18.5 Å². The molecule has 0 aromatic carbocycles. The van der Waals surface area contributed by atoms with Crippen molar-refractivity contribution in [3.05, 3.63) is 18.5 Å². The van der Waals surface area contributed by atoms with E-state index in [2.05, 4.69) is 30.1 Å². The van der Waals surface area contributed by atoms with Gasteiger partial charge in [0, 0.05) is 17.1 Å². The lowest BCUT2D eigenvalue weighted by molar-refractivity contribution is -0.0728. The minimum absolute atomic E-state index is 0.00713. The number of hydrogen-bond donors (Lipinski definition) is 2. The molecule has 4 aliphatic rings. The maximum Gasteiger partial charge on any atom is 0.321 e. The van der Waals surface area contributed by atoms with Gasteiger partial charge in [-0.15, -0.1) is 0 Å². The summed E-state index contributed by atoms with van der Waals surface area (Å²) < 4.78 is 6.16. The SMILES string of the molecule is Cc1nsc(NC(=O)NC23C[C@@H]4C[C@@H](C2)CC(n2cncn2)(C4)C3)n1. The molecule has 4 aliphatic carbocycles. The van der Waals surface area contributed by atoms with Gasteiger partial charge in [0.15, 0.2) is 0 Å². The highest BCUT2D eigenvalue weighted by atomic mass is 32.1. The van der Waals surface area contributed by atoms with E-state index in [-0.39, 0.29) is 17.1 Å². The Bertz CT molecular complexity index is 787. The Morgan fingerprint density at radius 3 is 2.76 bits per heavy atom. The summed E-state index contributed by atoms with van der Waals surface area (Å²) in [4.78, 5) is 21.0. The third-order valence-electron chi connectivity index (χ3n) is 6.06. The molecule has 4 fully saturated rings. The molecule has 4 saturated carbocycles. The van der Waals surface area contributed by atoms with E-state index < -0.39 is 0 Å². The van der Waals surface area contributed by atoms with Crippen molar-refractivity contribution in [2.24, 2.45) is 11.8 Å². The highest BCUT2D eigenvalue weighted by Gasteiger charge is 2.59. The molecule has 6 rings (SSSR count). The zero-order chi connectivity index (χ0) is 17.1. The number of hydrogen-bond acceptors (Lipinski definition) is 6. The molecule has 8 nitrogen and oxygen atoms in total. The first-order valence-electron chi connectivity index (χ1n) is 8.79. The maximum atomic E-state index is 12.6. The zero-order valence-corrected chi connectivity index (χ0v) is 14.9. The summed E-state index contributed by atoms with van der Waals surface area (Å²) >= 11 is 1.21. The van der Waals surface area contributed by atoms with Gasteiger partial charge in [-0.3, -0.25) is 5.32 Å². The summed E-state index contributed by atoms with van der Waals surface area (Å²) in [6, 6.07) is -0.174. The van der Waals surface area contributed by atoms with E-state index in [0.29, 0.717) is 22.8 Å². The summed E-state index contributed by atoms with van der Waals surface area (Å²) in [5.41, 5.74) is -0.146. The van der Waals surface area contributed by atoms with Gasteiger partial charge < -0.3 is 5.32 Å². The fourth-order valence-corrected chi connectivity index (χ4v) is 6.37. The molecule has 0 aliphatic heterocycles. The second-order valence-corrected chi connectivity index (χ2v) is 8.78. The van der Waals surface area contributed by atoms with Crippen LogP contribution >= 0.6 is 11.5 Å². The van der Waals surface area contributed by atoms with Crippen molar-refractivity contribution in [3.8, 4) is 0 Å². The summed E-state index contributed by atoms with van der Waals surface area (Å²) in [5.74, 6) is 1.98. The fraction of sp³-hybridized carbons (Fsp3) is 0.688. The molecule has 132 valence electrons. The molecule has 0 unspecified atom stereocenters. The van der Waals surface area contributed by atoms with Crippen LogP contribution in [0.2, 0.25) is 0 Å². The van der Waals surface area contributed by atoms with Crippen molar-refractivity contribution in [2.45, 2.75) is 56.5 Å². The number of carbonyl (C=O) groups is 1. The highest BCUT2D eigenvalue weighted by molar-refractivity contribution is 7.09. The number of aryl methyl sites for hydroxylation is 1. The number of nitrogens with one attached hydrogen (secondary N) is 2. The lowest BCUT2D eigenvalue weighted by atomic mass is 9.50. The summed E-state index contributed by atoms with van der Waals surface area (Å²) in [7, 11) is 0. The number of nitrogens with zero attached hydrogens (tertiary/aromatic N) is 5. The molecule has 2 atom stereocenters. The molecular formula is C16H21N7OS. The van der Waals surface area contributed by atoms with Crippen LogP contribution in [0.25, 0.3) is 0 Å². The predicted octanol–water partition coefficient (Wildman–Crippen LogP) is 2.31. The highest BCUT2D eigenvalue weighted by Crippen LogP contribution is 2.60. The Hall–Kier alpha value is -2.03. The average Bonchev–Trinajstić information content (AvgIpc) is 3.17. The first-order chi connectivity index (χ1) is 12.0. The van der Waals surface area contributed by atoms with E-state index in [0.717, 1.165) is 32.1 Å². The maximum absolute atomic E-state index is 12.6. The van der Waals surface area contributed by atoms with E-state index in [1.54, 1.807) is 6.33 Å². The smallest absolute Gasteiger partial charge is 0.321 e.